The molecule has 2 rings (SSSR count). The number of pyridine rings is 1. The van der Waals surface area contributed by atoms with E-state index in [2.05, 4.69) is 25.9 Å². The first-order valence-electron chi connectivity index (χ1n) is 3.47. The minimum atomic E-state index is -0.346. The first-order chi connectivity index (χ1) is 6.25. The van der Waals surface area contributed by atoms with E-state index in [1.807, 2.05) is 5.38 Å². The van der Waals surface area contributed by atoms with Crippen molar-refractivity contribution in [2.24, 2.45) is 0 Å². The Hall–Kier alpha value is -0.810. The van der Waals surface area contributed by atoms with Gasteiger partial charge in [-0.05, 0) is 22.0 Å². The lowest BCUT2D eigenvalue weighted by Gasteiger charge is -1.94. The van der Waals surface area contributed by atoms with Crippen LogP contribution in [0.3, 0.4) is 0 Å². The number of aromatic nitrogens is 2. The minimum absolute atomic E-state index is 0.346. The first kappa shape index (κ1) is 8.77. The molecule has 5 heteroatoms. The summed E-state index contributed by atoms with van der Waals surface area (Å²) in [6.45, 7) is 0. The fraction of sp³-hybridized carbons (Fsp3) is 0. The van der Waals surface area contributed by atoms with E-state index in [0.29, 0.717) is 5.56 Å². The molecule has 2 aromatic heterocycles. The molecule has 2 aromatic rings. The summed E-state index contributed by atoms with van der Waals surface area (Å²) in [5.74, 6) is -0.346. The average molecular weight is 259 g/mol. The molecule has 2 heterocycles. The fourth-order valence-electron chi connectivity index (χ4n) is 0.936. The van der Waals surface area contributed by atoms with Gasteiger partial charge in [0.25, 0.3) is 0 Å². The number of hydrogen-bond acceptors (Lipinski definition) is 3. The van der Waals surface area contributed by atoms with E-state index < -0.39 is 0 Å². The zero-order valence-electron chi connectivity index (χ0n) is 6.37. The molecule has 0 aliphatic rings. The second kappa shape index (κ2) is 3.51. The molecule has 13 heavy (non-hydrogen) atoms. The molecule has 0 aliphatic heterocycles. The SMILES string of the molecule is Fc1cncc(-c2csc(Br)n2)c1. The Kier molecular flexibility index (Phi) is 2.37. The minimum Gasteiger partial charge on any atom is -0.261 e. The molecule has 66 valence electrons. The van der Waals surface area contributed by atoms with Crippen LogP contribution in [0.5, 0.6) is 0 Å². The molecule has 0 saturated heterocycles. The summed E-state index contributed by atoms with van der Waals surface area (Å²) in [5.41, 5.74) is 1.44. The van der Waals surface area contributed by atoms with Gasteiger partial charge in [0.1, 0.15) is 5.82 Å². The van der Waals surface area contributed by atoms with E-state index in [-0.39, 0.29) is 5.82 Å². The van der Waals surface area contributed by atoms with Crippen molar-refractivity contribution < 1.29 is 4.39 Å². The molecule has 2 nitrogen and oxygen atoms in total. The number of nitrogens with zero attached hydrogens (tertiary/aromatic N) is 2. The van der Waals surface area contributed by atoms with Gasteiger partial charge < -0.3 is 0 Å². The van der Waals surface area contributed by atoms with Gasteiger partial charge in [-0.15, -0.1) is 11.3 Å². The molecular weight excluding hydrogens is 255 g/mol. The lowest BCUT2D eigenvalue weighted by atomic mass is 10.2. The molecule has 0 radical (unpaired) electrons. The summed E-state index contributed by atoms with van der Waals surface area (Å²) in [5, 5.41) is 1.85. The van der Waals surface area contributed by atoms with Crippen LogP contribution in [0, 0.1) is 5.82 Å². The van der Waals surface area contributed by atoms with Crippen molar-refractivity contribution in [3.8, 4) is 11.3 Å². The van der Waals surface area contributed by atoms with Crippen LogP contribution in [-0.2, 0) is 0 Å². The normalized spacial score (nSPS) is 10.3. The number of hydrogen-bond donors (Lipinski definition) is 0. The maximum Gasteiger partial charge on any atom is 0.159 e. The smallest absolute Gasteiger partial charge is 0.159 e. The lowest BCUT2D eigenvalue weighted by molar-refractivity contribution is 0.622. The standard InChI is InChI=1S/C8H4BrFN2S/c9-8-12-7(4-13-8)5-1-6(10)3-11-2-5/h1-4H. The van der Waals surface area contributed by atoms with Gasteiger partial charge in [0.15, 0.2) is 3.92 Å². The van der Waals surface area contributed by atoms with Crippen LogP contribution in [0.15, 0.2) is 27.8 Å². The van der Waals surface area contributed by atoms with E-state index in [0.717, 1.165) is 9.61 Å². The molecule has 0 N–H and O–H groups in total. The third-order valence-corrected chi connectivity index (χ3v) is 2.84. The highest BCUT2D eigenvalue weighted by molar-refractivity contribution is 9.11. The maximum absolute atomic E-state index is 12.8. The largest absolute Gasteiger partial charge is 0.261 e. The predicted molar refractivity (Wildman–Crippen MR) is 53.0 cm³/mol. The summed E-state index contributed by atoms with van der Waals surface area (Å²) in [6, 6.07) is 1.41. The van der Waals surface area contributed by atoms with Gasteiger partial charge in [-0.25, -0.2) is 9.37 Å². The van der Waals surface area contributed by atoms with Gasteiger partial charge >= 0.3 is 0 Å². The maximum atomic E-state index is 12.8. The molecule has 0 amide bonds. The molecule has 0 fully saturated rings. The predicted octanol–water partition coefficient (Wildman–Crippen LogP) is 3.11. The third kappa shape index (κ3) is 1.92. The highest BCUT2D eigenvalue weighted by Gasteiger charge is 2.03. The topological polar surface area (TPSA) is 25.8 Å². The second-order valence-corrected chi connectivity index (χ2v) is 4.51. The summed E-state index contributed by atoms with van der Waals surface area (Å²) in [4.78, 5) is 7.89. The van der Waals surface area contributed by atoms with E-state index in [9.17, 15) is 4.39 Å². The highest BCUT2D eigenvalue weighted by Crippen LogP contribution is 2.24. The fourth-order valence-corrected chi connectivity index (χ4v) is 1.96. The van der Waals surface area contributed by atoms with Crippen LogP contribution in [-0.4, -0.2) is 9.97 Å². The van der Waals surface area contributed by atoms with Crippen molar-refractivity contribution >= 4 is 27.3 Å². The van der Waals surface area contributed by atoms with Crippen LogP contribution >= 0.6 is 27.3 Å². The van der Waals surface area contributed by atoms with E-state index in [4.69, 9.17) is 0 Å². The Balaban J connectivity index is 2.46. The van der Waals surface area contributed by atoms with Gasteiger partial charge in [0, 0.05) is 17.1 Å². The van der Waals surface area contributed by atoms with E-state index in [1.54, 1.807) is 6.20 Å². The summed E-state index contributed by atoms with van der Waals surface area (Å²) in [6.07, 6.45) is 2.76. The zero-order chi connectivity index (χ0) is 9.26. The van der Waals surface area contributed by atoms with Gasteiger partial charge in [0.05, 0.1) is 11.9 Å². The van der Waals surface area contributed by atoms with Crippen LogP contribution in [0.2, 0.25) is 0 Å². The van der Waals surface area contributed by atoms with Crippen LogP contribution in [0.4, 0.5) is 4.39 Å². The van der Waals surface area contributed by atoms with E-state index >= 15 is 0 Å². The Morgan fingerprint density at radius 2 is 2.23 bits per heavy atom. The monoisotopic (exact) mass is 258 g/mol. The van der Waals surface area contributed by atoms with Crippen molar-refractivity contribution in [3.05, 3.63) is 33.6 Å². The van der Waals surface area contributed by atoms with Gasteiger partial charge in [-0.3, -0.25) is 4.98 Å². The molecule has 0 atom stereocenters. The number of halogens is 2. The molecule has 0 saturated carbocycles. The van der Waals surface area contributed by atoms with E-state index in [1.165, 1.54) is 23.6 Å². The molecular formula is C8H4BrFN2S. The highest BCUT2D eigenvalue weighted by atomic mass is 79.9. The van der Waals surface area contributed by atoms with Gasteiger partial charge in [0.2, 0.25) is 0 Å². The van der Waals surface area contributed by atoms with Crippen molar-refractivity contribution in [3.63, 3.8) is 0 Å². The Labute approximate surface area is 86.6 Å². The van der Waals surface area contributed by atoms with Crippen molar-refractivity contribution in [2.75, 3.05) is 0 Å². The van der Waals surface area contributed by atoms with Gasteiger partial charge in [-0.2, -0.15) is 0 Å². The van der Waals surface area contributed by atoms with Crippen molar-refractivity contribution in [1.29, 1.82) is 0 Å². The molecule has 0 aliphatic carbocycles. The molecule has 0 bridgehead atoms. The Morgan fingerprint density at radius 3 is 2.85 bits per heavy atom. The summed E-state index contributed by atoms with van der Waals surface area (Å²) < 4.78 is 13.5. The summed E-state index contributed by atoms with van der Waals surface area (Å²) >= 11 is 4.70. The molecule has 0 spiro atoms. The van der Waals surface area contributed by atoms with Crippen molar-refractivity contribution in [1.82, 2.24) is 9.97 Å². The second-order valence-electron chi connectivity index (χ2n) is 2.38. The van der Waals surface area contributed by atoms with Crippen molar-refractivity contribution in [2.45, 2.75) is 0 Å². The zero-order valence-corrected chi connectivity index (χ0v) is 8.77. The van der Waals surface area contributed by atoms with Crippen LogP contribution in [0.25, 0.3) is 11.3 Å². The lowest BCUT2D eigenvalue weighted by Crippen LogP contribution is -1.82. The quantitative estimate of drug-likeness (QED) is 0.786. The van der Waals surface area contributed by atoms with Gasteiger partial charge in [-0.1, -0.05) is 0 Å². The number of thiazole rings is 1. The average Bonchev–Trinajstić information content (AvgIpc) is 2.52. The molecule has 0 aromatic carbocycles. The first-order valence-corrected chi connectivity index (χ1v) is 5.15. The van der Waals surface area contributed by atoms with Crippen LogP contribution in [0.1, 0.15) is 0 Å². The summed E-state index contributed by atoms with van der Waals surface area (Å²) in [7, 11) is 0. The Morgan fingerprint density at radius 1 is 1.38 bits per heavy atom. The molecule has 0 unspecified atom stereocenters. The number of rotatable bonds is 1. The third-order valence-electron chi connectivity index (χ3n) is 1.48. The Bertz CT molecular complexity index is 430. The van der Waals surface area contributed by atoms with Crippen LogP contribution < -0.4 is 0 Å².